The average molecular weight is 751 g/mol. The molecule has 0 fully saturated rings. The minimum Gasteiger partial charge on any atom is -0.302 e. The van der Waals surface area contributed by atoms with Crippen molar-refractivity contribution in [2.45, 2.75) is 184 Å². The lowest BCUT2D eigenvalue weighted by molar-refractivity contribution is -0.133. The van der Waals surface area contributed by atoms with Gasteiger partial charge in [-0.05, 0) is 41.5 Å². The van der Waals surface area contributed by atoms with Crippen molar-refractivity contribution in [3.63, 3.8) is 0 Å². The molecule has 0 bridgehead atoms. The lowest BCUT2D eigenvalue weighted by atomic mass is 9.81. The van der Waals surface area contributed by atoms with Crippen molar-refractivity contribution < 1.29 is 19.2 Å². The molecule has 284 valence electrons. The van der Waals surface area contributed by atoms with Gasteiger partial charge in [-0.15, -0.1) is 0 Å². The van der Waals surface area contributed by atoms with Crippen molar-refractivity contribution in [2.75, 3.05) is 11.5 Å². The predicted molar refractivity (Wildman–Crippen MR) is 219 cm³/mol. The van der Waals surface area contributed by atoms with Gasteiger partial charge in [0.15, 0.2) is 11.6 Å². The number of rotatable bonds is 16. The van der Waals surface area contributed by atoms with E-state index in [4.69, 9.17) is 0 Å². The Bertz CT molecular complexity index is 938. The molecular weight excluding hydrogens is 677 g/mol. The maximum absolute atomic E-state index is 12.8. The zero-order valence-corrected chi connectivity index (χ0v) is 37.7. The van der Waals surface area contributed by atoms with Gasteiger partial charge in [0.05, 0.1) is 12.1 Å². The smallest absolute Gasteiger partial charge is 0.151 e. The third-order valence-electron chi connectivity index (χ3n) is 6.47. The normalized spacial score (nSPS) is 15.9. The molecule has 0 aliphatic heterocycles. The first-order valence-electron chi connectivity index (χ1n) is 17.4. The molecule has 0 aliphatic carbocycles. The first-order chi connectivity index (χ1) is 21.1. The highest BCUT2D eigenvalue weighted by atomic mass is 33.1. The van der Waals surface area contributed by atoms with Crippen molar-refractivity contribution in [3.8, 4) is 0 Å². The van der Waals surface area contributed by atoms with Crippen LogP contribution >= 0.6 is 43.2 Å². The third kappa shape index (κ3) is 25.9. The minimum absolute atomic E-state index is 0.134. The number of nitrogens with one attached hydrogen (secondary N) is 2. The van der Waals surface area contributed by atoms with Gasteiger partial charge in [-0.1, -0.05) is 140 Å². The maximum Gasteiger partial charge on any atom is 0.151 e. The summed E-state index contributed by atoms with van der Waals surface area (Å²) in [6.07, 6.45) is 0.620. The molecule has 0 aromatic heterocycles. The van der Waals surface area contributed by atoms with Gasteiger partial charge in [-0.3, -0.25) is 19.2 Å². The summed E-state index contributed by atoms with van der Waals surface area (Å²) in [6.45, 7) is 40.7. The van der Waals surface area contributed by atoms with Crippen molar-refractivity contribution in [2.24, 2.45) is 22.7 Å². The molecule has 6 nitrogen and oxygen atoms in total. The highest BCUT2D eigenvalue weighted by Crippen LogP contribution is 2.37. The van der Waals surface area contributed by atoms with Crippen molar-refractivity contribution >= 4 is 66.3 Å². The predicted octanol–water partition coefficient (Wildman–Crippen LogP) is 10.3. The maximum atomic E-state index is 12.8. The van der Waals surface area contributed by atoms with Crippen LogP contribution in [0.1, 0.15) is 151 Å². The van der Waals surface area contributed by atoms with Crippen LogP contribution in [-0.4, -0.2) is 67.3 Å². The van der Waals surface area contributed by atoms with Gasteiger partial charge in [-0.2, -0.15) is 0 Å². The second-order valence-corrected chi connectivity index (χ2v) is 25.6. The largest absolute Gasteiger partial charge is 0.302 e. The highest BCUT2D eigenvalue weighted by molar-refractivity contribution is 8.77. The van der Waals surface area contributed by atoms with Gasteiger partial charge in [0.1, 0.15) is 11.6 Å². The molecule has 48 heavy (non-hydrogen) atoms. The molecule has 0 aromatic carbocycles. The zero-order valence-electron chi connectivity index (χ0n) is 34.4. The first kappa shape index (κ1) is 50.1. The Morgan fingerprint density at radius 1 is 0.479 bits per heavy atom. The number of carbonyl (C=O) groups is 4. The van der Waals surface area contributed by atoms with Gasteiger partial charge >= 0.3 is 0 Å². The van der Waals surface area contributed by atoms with E-state index in [1.165, 1.54) is 0 Å². The Labute approximate surface area is 312 Å². The minimum atomic E-state index is -0.399. The fraction of sp³-hybridized carbons (Fsp3) is 0.895. The van der Waals surface area contributed by atoms with E-state index in [2.05, 4.69) is 93.7 Å². The summed E-state index contributed by atoms with van der Waals surface area (Å²) in [5.74, 6) is 1.55. The van der Waals surface area contributed by atoms with Crippen LogP contribution in [0.2, 0.25) is 0 Å². The Morgan fingerprint density at radius 3 is 0.917 bits per heavy atom. The molecule has 0 saturated carbocycles. The average Bonchev–Trinajstić information content (AvgIpc) is 2.82. The summed E-state index contributed by atoms with van der Waals surface area (Å²) in [4.78, 5) is 50.3. The van der Waals surface area contributed by atoms with Crippen LogP contribution in [0.15, 0.2) is 0 Å². The van der Waals surface area contributed by atoms with E-state index in [1.54, 1.807) is 43.2 Å². The van der Waals surface area contributed by atoms with Crippen LogP contribution in [0.25, 0.3) is 0 Å². The van der Waals surface area contributed by atoms with E-state index in [1.807, 2.05) is 55.4 Å². The van der Waals surface area contributed by atoms with Crippen molar-refractivity contribution in [1.82, 2.24) is 10.6 Å². The molecule has 10 heteroatoms. The van der Waals surface area contributed by atoms with Crippen molar-refractivity contribution in [1.29, 1.82) is 0 Å². The molecule has 0 saturated heterocycles. The molecule has 0 spiro atoms. The molecule has 0 aromatic rings. The summed E-state index contributed by atoms with van der Waals surface area (Å²) in [7, 11) is 7.04. The van der Waals surface area contributed by atoms with E-state index in [0.717, 1.165) is 0 Å². The standard InChI is InChI=1S/2C19H37NO2S2/c2*1-13(16(22)17(2,3)4)11-15(21)14(20-18(5,6)7)12-23-24-19(8,9)10/h2*13-14,20H,11-12H2,1-10H3/t13-,14+;/m1./s1. The Balaban J connectivity index is 0. The van der Waals surface area contributed by atoms with Crippen LogP contribution in [0.5, 0.6) is 0 Å². The van der Waals surface area contributed by atoms with Crippen LogP contribution in [0.3, 0.4) is 0 Å². The van der Waals surface area contributed by atoms with E-state index >= 15 is 0 Å². The first-order valence-corrected chi connectivity index (χ1v) is 22.0. The van der Waals surface area contributed by atoms with Gasteiger partial charge in [0.2, 0.25) is 0 Å². The summed E-state index contributed by atoms with van der Waals surface area (Å²) in [5, 5.41) is 6.86. The highest BCUT2D eigenvalue weighted by Gasteiger charge is 2.33. The second kappa shape index (κ2) is 20.3. The summed E-state index contributed by atoms with van der Waals surface area (Å²) >= 11 is 0. The van der Waals surface area contributed by atoms with Crippen LogP contribution < -0.4 is 10.6 Å². The second-order valence-electron chi connectivity index (χ2n) is 19.2. The third-order valence-corrected chi connectivity index (χ3v) is 13.2. The summed E-state index contributed by atoms with van der Waals surface area (Å²) < 4.78 is 0.324. The molecular formula is C38H74N2O4S4. The van der Waals surface area contributed by atoms with Crippen LogP contribution in [-0.2, 0) is 19.2 Å². The van der Waals surface area contributed by atoms with E-state index in [9.17, 15) is 19.2 Å². The fourth-order valence-corrected chi connectivity index (χ4v) is 9.59. The molecule has 0 radical (unpaired) electrons. The SMILES string of the molecule is CC(CC(=O)C(CSSC(C)(C)C)NC(C)(C)C)C(=O)C(C)(C)C.C[C@H](CC(=O)[C@H](CSSC(C)(C)C)NC(C)(C)C)C(=O)C(C)(C)C. The van der Waals surface area contributed by atoms with Gasteiger partial charge in [0, 0.05) is 67.6 Å². The molecule has 4 atom stereocenters. The van der Waals surface area contributed by atoms with E-state index in [0.29, 0.717) is 24.3 Å². The number of hydrogen-bond donors (Lipinski definition) is 2. The molecule has 2 N–H and O–H groups in total. The fourth-order valence-electron chi connectivity index (χ4n) is 4.59. The monoisotopic (exact) mass is 750 g/mol. The Morgan fingerprint density at radius 2 is 0.729 bits per heavy atom. The number of ketones is 4. The molecule has 0 amide bonds. The van der Waals surface area contributed by atoms with Crippen LogP contribution in [0.4, 0.5) is 0 Å². The zero-order chi connectivity index (χ0) is 38.7. The van der Waals surface area contributed by atoms with E-state index < -0.39 is 10.8 Å². The Kier molecular flexibility index (Phi) is 21.2. The molecule has 0 rings (SSSR count). The summed E-state index contributed by atoms with van der Waals surface area (Å²) in [5.41, 5.74) is -1.07. The molecule has 0 heterocycles. The Hall–Kier alpha value is -0.000000000000000111. The van der Waals surface area contributed by atoms with Gasteiger partial charge in [0.25, 0.3) is 0 Å². The van der Waals surface area contributed by atoms with E-state index in [-0.39, 0.29) is 67.6 Å². The molecule has 0 aliphatic rings. The van der Waals surface area contributed by atoms with Gasteiger partial charge in [-0.25, -0.2) is 0 Å². The van der Waals surface area contributed by atoms with Crippen molar-refractivity contribution in [3.05, 3.63) is 0 Å². The molecule has 2 unspecified atom stereocenters. The number of hydrogen-bond acceptors (Lipinski definition) is 10. The van der Waals surface area contributed by atoms with Gasteiger partial charge < -0.3 is 10.6 Å². The van der Waals surface area contributed by atoms with Crippen LogP contribution in [0, 0.1) is 22.7 Å². The lowest BCUT2D eigenvalue weighted by Crippen LogP contribution is -2.49. The quantitative estimate of drug-likeness (QED) is 0.149. The lowest BCUT2D eigenvalue weighted by Gasteiger charge is -2.29. The topological polar surface area (TPSA) is 92.3 Å². The number of carbonyl (C=O) groups excluding carboxylic acids is 4. The number of Topliss-reactive ketones (excluding diaryl/α,β-unsaturated/α-hetero) is 4. The summed E-state index contributed by atoms with van der Waals surface area (Å²) in [6, 6.07) is -0.444.